The molecular weight excluding hydrogens is 234 g/mol. The van der Waals surface area contributed by atoms with Gasteiger partial charge in [0.2, 0.25) is 0 Å². The highest BCUT2D eigenvalue weighted by Crippen LogP contribution is 2.47. The first-order chi connectivity index (χ1) is 7.42. The van der Waals surface area contributed by atoms with E-state index in [0.717, 1.165) is 0 Å². The molecule has 0 radical (unpaired) electrons. The second kappa shape index (κ2) is 3.88. The fourth-order valence-electron chi connectivity index (χ4n) is 2.23. The van der Waals surface area contributed by atoms with Crippen LogP contribution in [0.1, 0.15) is 25.3 Å². The minimum absolute atomic E-state index is 0.156. The highest BCUT2D eigenvalue weighted by Gasteiger charge is 2.47. The number of hydrogen-bond acceptors (Lipinski definition) is 1. The molecule has 0 fully saturated rings. The third kappa shape index (κ3) is 1.88. The largest absolute Gasteiger partial charge is 0.487 e. The monoisotopic (exact) mass is 246 g/mol. The molecule has 1 atom stereocenters. The fraction of sp³-hybridized carbons (Fsp3) is 0.500. The maximum Gasteiger partial charge on any atom is 0.288 e. The van der Waals surface area contributed by atoms with Crippen molar-refractivity contribution >= 4 is 11.6 Å². The summed E-state index contributed by atoms with van der Waals surface area (Å²) in [4.78, 5) is 0. The summed E-state index contributed by atoms with van der Waals surface area (Å²) in [5.41, 5.74) is 0.513. The molecule has 88 valence electrons. The van der Waals surface area contributed by atoms with Gasteiger partial charge in [-0.25, -0.2) is 8.78 Å². The van der Waals surface area contributed by atoms with Crippen LogP contribution in [-0.4, -0.2) is 12.5 Å². The van der Waals surface area contributed by atoms with Gasteiger partial charge in [-0.1, -0.05) is 25.4 Å². The Bertz CT molecular complexity index is 404. The Balaban J connectivity index is 2.52. The molecule has 0 amide bonds. The summed E-state index contributed by atoms with van der Waals surface area (Å²) in [7, 11) is 0. The van der Waals surface area contributed by atoms with Gasteiger partial charge in [-0.3, -0.25) is 0 Å². The molecule has 2 rings (SSSR count). The predicted molar refractivity (Wildman–Crippen MR) is 59.5 cm³/mol. The average Bonchev–Trinajstić information content (AvgIpc) is 2.15. The lowest BCUT2D eigenvalue weighted by molar-refractivity contribution is -0.0881. The van der Waals surface area contributed by atoms with Crippen molar-refractivity contribution in [2.24, 2.45) is 5.92 Å². The van der Waals surface area contributed by atoms with Gasteiger partial charge in [-0.2, -0.15) is 0 Å². The van der Waals surface area contributed by atoms with Crippen LogP contribution in [0.3, 0.4) is 0 Å². The number of alkyl halides is 2. The Morgan fingerprint density at radius 2 is 2.12 bits per heavy atom. The number of benzene rings is 1. The van der Waals surface area contributed by atoms with Crippen LogP contribution in [0.5, 0.6) is 5.75 Å². The quantitative estimate of drug-likeness (QED) is 0.725. The van der Waals surface area contributed by atoms with E-state index in [9.17, 15) is 8.78 Å². The van der Waals surface area contributed by atoms with E-state index in [2.05, 4.69) is 0 Å². The van der Waals surface area contributed by atoms with Crippen LogP contribution in [0.4, 0.5) is 8.78 Å². The smallest absolute Gasteiger partial charge is 0.288 e. The Kier molecular flexibility index (Phi) is 2.82. The molecule has 0 saturated heterocycles. The molecule has 4 heteroatoms. The Labute approximate surface area is 98.4 Å². The summed E-state index contributed by atoms with van der Waals surface area (Å²) >= 11 is 5.84. The van der Waals surface area contributed by atoms with Crippen molar-refractivity contribution in [2.45, 2.75) is 25.7 Å². The van der Waals surface area contributed by atoms with Crippen LogP contribution in [0.25, 0.3) is 0 Å². The normalized spacial score (nSPS) is 22.8. The zero-order chi connectivity index (χ0) is 11.9. The highest BCUT2D eigenvalue weighted by molar-refractivity contribution is 6.30. The van der Waals surface area contributed by atoms with Crippen LogP contribution in [0.15, 0.2) is 18.2 Å². The minimum Gasteiger partial charge on any atom is -0.487 e. The number of halogens is 3. The molecule has 1 aromatic rings. The van der Waals surface area contributed by atoms with Crippen molar-refractivity contribution in [1.82, 2.24) is 0 Å². The molecule has 1 aromatic carbocycles. The van der Waals surface area contributed by atoms with Crippen molar-refractivity contribution in [3.8, 4) is 5.75 Å². The lowest BCUT2D eigenvalue weighted by atomic mass is 9.81. The molecule has 0 spiro atoms. The number of ether oxygens (including phenoxy) is 1. The lowest BCUT2D eigenvalue weighted by Crippen LogP contribution is -2.39. The molecule has 1 unspecified atom stereocenters. The van der Waals surface area contributed by atoms with Gasteiger partial charge in [0, 0.05) is 10.6 Å². The summed E-state index contributed by atoms with van der Waals surface area (Å²) in [6.07, 6.45) is 0. The minimum atomic E-state index is -2.83. The van der Waals surface area contributed by atoms with Crippen molar-refractivity contribution in [3.63, 3.8) is 0 Å². The van der Waals surface area contributed by atoms with Crippen molar-refractivity contribution in [1.29, 1.82) is 0 Å². The molecule has 1 heterocycles. The van der Waals surface area contributed by atoms with E-state index >= 15 is 0 Å². The van der Waals surface area contributed by atoms with E-state index in [1.807, 2.05) is 0 Å². The molecule has 0 aromatic heterocycles. The lowest BCUT2D eigenvalue weighted by Gasteiger charge is -2.35. The van der Waals surface area contributed by atoms with Gasteiger partial charge in [-0.15, -0.1) is 0 Å². The summed E-state index contributed by atoms with van der Waals surface area (Å²) in [5, 5.41) is 0.464. The zero-order valence-corrected chi connectivity index (χ0v) is 9.89. The van der Waals surface area contributed by atoms with E-state index in [-0.39, 0.29) is 5.92 Å². The maximum absolute atomic E-state index is 13.8. The first kappa shape index (κ1) is 11.6. The molecule has 16 heavy (non-hydrogen) atoms. The number of fused-ring (bicyclic) bond motifs is 1. The second-order valence-electron chi connectivity index (χ2n) is 4.45. The van der Waals surface area contributed by atoms with Gasteiger partial charge in [-0.05, 0) is 24.1 Å². The van der Waals surface area contributed by atoms with Gasteiger partial charge in [0.05, 0.1) is 5.92 Å². The Hall–Kier alpha value is -0.830. The standard InChI is InChI=1S/C12H13ClF2O/c1-7(2)11-9-5-8(13)3-4-10(9)16-6-12(11,14)15/h3-5,7,11H,6H2,1-2H3. The molecule has 1 nitrogen and oxygen atoms in total. The van der Waals surface area contributed by atoms with E-state index in [4.69, 9.17) is 16.3 Å². The summed E-state index contributed by atoms with van der Waals surface area (Å²) in [5.74, 6) is -3.29. The maximum atomic E-state index is 13.8. The van der Waals surface area contributed by atoms with Gasteiger partial charge in [0.15, 0.2) is 6.61 Å². The SMILES string of the molecule is CC(C)C1c2cc(Cl)ccc2OCC1(F)F. The molecule has 1 aliphatic heterocycles. The molecule has 0 N–H and O–H groups in total. The molecular formula is C12H13ClF2O. The fourth-order valence-corrected chi connectivity index (χ4v) is 2.41. The van der Waals surface area contributed by atoms with Gasteiger partial charge in [0.25, 0.3) is 5.92 Å². The van der Waals surface area contributed by atoms with E-state index in [1.165, 1.54) is 0 Å². The second-order valence-corrected chi connectivity index (χ2v) is 4.89. The van der Waals surface area contributed by atoms with Crippen LogP contribution in [0, 0.1) is 5.92 Å². The van der Waals surface area contributed by atoms with E-state index < -0.39 is 18.4 Å². The van der Waals surface area contributed by atoms with Gasteiger partial charge in [0.1, 0.15) is 5.75 Å². The number of rotatable bonds is 1. The molecule has 0 aliphatic carbocycles. The van der Waals surface area contributed by atoms with Gasteiger partial charge >= 0.3 is 0 Å². The van der Waals surface area contributed by atoms with Crippen molar-refractivity contribution in [3.05, 3.63) is 28.8 Å². The van der Waals surface area contributed by atoms with E-state index in [1.54, 1.807) is 32.0 Å². The summed E-state index contributed by atoms with van der Waals surface area (Å²) in [6, 6.07) is 4.89. The number of hydrogen-bond donors (Lipinski definition) is 0. The zero-order valence-electron chi connectivity index (χ0n) is 9.14. The molecule has 0 bridgehead atoms. The molecule has 1 aliphatic rings. The van der Waals surface area contributed by atoms with Crippen molar-refractivity contribution < 1.29 is 13.5 Å². The summed E-state index contributed by atoms with van der Waals surface area (Å²) in [6.45, 7) is 3.02. The average molecular weight is 247 g/mol. The highest BCUT2D eigenvalue weighted by atomic mass is 35.5. The van der Waals surface area contributed by atoms with Crippen molar-refractivity contribution in [2.75, 3.05) is 6.61 Å². The Morgan fingerprint density at radius 1 is 1.44 bits per heavy atom. The molecule has 0 saturated carbocycles. The predicted octanol–water partition coefficient (Wildman–Crippen LogP) is 4.11. The topological polar surface area (TPSA) is 9.23 Å². The van der Waals surface area contributed by atoms with Crippen LogP contribution >= 0.6 is 11.6 Å². The first-order valence-corrected chi connectivity index (χ1v) is 5.59. The summed E-state index contributed by atoms with van der Waals surface area (Å²) < 4.78 is 32.6. The third-order valence-corrected chi connectivity index (χ3v) is 3.08. The Morgan fingerprint density at radius 3 is 2.75 bits per heavy atom. The van der Waals surface area contributed by atoms with Gasteiger partial charge < -0.3 is 4.74 Å². The van der Waals surface area contributed by atoms with Crippen LogP contribution < -0.4 is 4.74 Å². The van der Waals surface area contributed by atoms with Crippen LogP contribution in [0.2, 0.25) is 5.02 Å². The van der Waals surface area contributed by atoms with E-state index in [0.29, 0.717) is 16.3 Å². The van der Waals surface area contributed by atoms with Crippen LogP contribution in [-0.2, 0) is 0 Å². The first-order valence-electron chi connectivity index (χ1n) is 5.22. The third-order valence-electron chi connectivity index (χ3n) is 2.85.